The maximum Gasteiger partial charge on any atom is 0.141 e. The van der Waals surface area contributed by atoms with Crippen LogP contribution in [0, 0.1) is 0 Å². The fraction of sp³-hybridized carbons (Fsp3) is 0.533. The van der Waals surface area contributed by atoms with E-state index in [9.17, 15) is 0 Å². The monoisotopic (exact) mass is 295 g/mol. The quantitative estimate of drug-likeness (QED) is 0.335. The first kappa shape index (κ1) is 16.9. The molecule has 0 saturated heterocycles. The van der Waals surface area contributed by atoms with Crippen molar-refractivity contribution >= 4 is 17.6 Å². The largest absolute Gasteiger partial charge is 0.409 e. The third-order valence-electron chi connectivity index (χ3n) is 3.64. The van der Waals surface area contributed by atoms with Gasteiger partial charge in [0, 0.05) is 18.5 Å². The number of benzene rings is 1. The number of nitrogens with zero attached hydrogens (tertiary/aromatic N) is 2. The van der Waals surface area contributed by atoms with E-state index in [0.717, 1.165) is 12.2 Å². The van der Waals surface area contributed by atoms with Crippen molar-refractivity contribution in [1.82, 2.24) is 4.90 Å². The van der Waals surface area contributed by atoms with Crippen LogP contribution in [0.15, 0.2) is 35.5 Å². The van der Waals surface area contributed by atoms with Crippen LogP contribution in [-0.4, -0.2) is 41.0 Å². The lowest BCUT2D eigenvalue weighted by molar-refractivity contribution is 0.184. The zero-order valence-corrected chi connectivity index (χ0v) is 13.3. The molecule has 0 heterocycles. The fourth-order valence-corrected chi connectivity index (χ4v) is 2.79. The molecule has 20 heavy (non-hydrogen) atoms. The van der Waals surface area contributed by atoms with Gasteiger partial charge in [0.1, 0.15) is 5.84 Å². The Hall–Kier alpha value is -1.20. The highest BCUT2D eigenvalue weighted by atomic mass is 32.2. The standard InChI is InChI=1S/C15H25N3OS/c1-12(9-10-20-3)18(2)14(11-15(16)17-19)13-7-5-4-6-8-13/h4-8,12,14,19H,9-11H2,1-3H3,(H2,16,17). The van der Waals surface area contributed by atoms with Crippen molar-refractivity contribution in [3.63, 3.8) is 0 Å². The van der Waals surface area contributed by atoms with Crippen LogP contribution >= 0.6 is 11.8 Å². The maximum absolute atomic E-state index is 8.83. The van der Waals surface area contributed by atoms with Crippen LogP contribution in [0.1, 0.15) is 31.4 Å². The van der Waals surface area contributed by atoms with E-state index < -0.39 is 0 Å². The minimum absolute atomic E-state index is 0.129. The molecule has 0 fully saturated rings. The fourth-order valence-electron chi connectivity index (χ4n) is 2.21. The zero-order valence-electron chi connectivity index (χ0n) is 12.5. The Morgan fingerprint density at radius 3 is 2.60 bits per heavy atom. The van der Waals surface area contributed by atoms with Crippen molar-refractivity contribution in [1.29, 1.82) is 0 Å². The molecule has 0 aromatic heterocycles. The molecule has 1 rings (SSSR count). The molecule has 1 aromatic rings. The number of hydrogen-bond acceptors (Lipinski definition) is 4. The van der Waals surface area contributed by atoms with E-state index in [1.54, 1.807) is 0 Å². The van der Waals surface area contributed by atoms with Crippen molar-refractivity contribution in [2.75, 3.05) is 19.1 Å². The van der Waals surface area contributed by atoms with E-state index in [-0.39, 0.29) is 11.9 Å². The van der Waals surface area contributed by atoms with E-state index in [4.69, 9.17) is 10.9 Å². The molecule has 2 atom stereocenters. The predicted molar refractivity (Wildman–Crippen MR) is 87.4 cm³/mol. The second kappa shape index (κ2) is 8.87. The summed E-state index contributed by atoms with van der Waals surface area (Å²) in [5.41, 5.74) is 6.91. The van der Waals surface area contributed by atoms with Gasteiger partial charge >= 0.3 is 0 Å². The molecule has 5 heteroatoms. The third kappa shape index (κ3) is 5.06. The van der Waals surface area contributed by atoms with Crippen LogP contribution in [0.3, 0.4) is 0 Å². The van der Waals surface area contributed by atoms with Gasteiger partial charge in [0.25, 0.3) is 0 Å². The summed E-state index contributed by atoms with van der Waals surface area (Å²) in [6, 6.07) is 10.8. The molecule has 4 nitrogen and oxygen atoms in total. The molecule has 3 N–H and O–H groups in total. The normalized spacial score (nSPS) is 15.3. The van der Waals surface area contributed by atoms with Gasteiger partial charge in [0.15, 0.2) is 0 Å². The first-order chi connectivity index (χ1) is 9.60. The minimum Gasteiger partial charge on any atom is -0.409 e. The molecule has 0 aliphatic rings. The Labute approximate surface area is 126 Å². The minimum atomic E-state index is 0.129. The highest BCUT2D eigenvalue weighted by Crippen LogP contribution is 2.26. The van der Waals surface area contributed by atoms with Gasteiger partial charge in [0.2, 0.25) is 0 Å². The van der Waals surface area contributed by atoms with Gasteiger partial charge in [-0.05, 0) is 38.0 Å². The average molecular weight is 295 g/mol. The van der Waals surface area contributed by atoms with Crippen molar-refractivity contribution in [3.05, 3.63) is 35.9 Å². The van der Waals surface area contributed by atoms with Gasteiger partial charge in [-0.15, -0.1) is 0 Å². The maximum atomic E-state index is 8.83. The number of rotatable bonds is 8. The van der Waals surface area contributed by atoms with Crippen LogP contribution < -0.4 is 5.73 Å². The molecule has 0 aliphatic carbocycles. The molecule has 0 radical (unpaired) electrons. The Kier molecular flexibility index (Phi) is 7.47. The number of hydrogen-bond donors (Lipinski definition) is 2. The second-order valence-corrected chi connectivity index (χ2v) is 6.00. The Balaban J connectivity index is 2.87. The van der Waals surface area contributed by atoms with Gasteiger partial charge in [-0.25, -0.2) is 0 Å². The highest BCUT2D eigenvalue weighted by Gasteiger charge is 2.22. The first-order valence-electron chi connectivity index (χ1n) is 6.82. The van der Waals surface area contributed by atoms with Crippen molar-refractivity contribution < 1.29 is 5.21 Å². The van der Waals surface area contributed by atoms with Gasteiger partial charge in [-0.2, -0.15) is 11.8 Å². The number of thioether (sulfide) groups is 1. The van der Waals surface area contributed by atoms with Gasteiger partial charge in [0.05, 0.1) is 0 Å². The van der Waals surface area contributed by atoms with E-state index in [1.165, 1.54) is 5.56 Å². The summed E-state index contributed by atoms with van der Waals surface area (Å²) in [7, 11) is 2.10. The summed E-state index contributed by atoms with van der Waals surface area (Å²) < 4.78 is 0. The molecule has 1 aromatic carbocycles. The van der Waals surface area contributed by atoms with Crippen molar-refractivity contribution in [2.24, 2.45) is 10.9 Å². The summed E-state index contributed by atoms with van der Waals surface area (Å²) >= 11 is 1.86. The molecule has 2 unspecified atom stereocenters. The molecular weight excluding hydrogens is 270 g/mol. The lowest BCUT2D eigenvalue weighted by atomic mass is 10.00. The molecule has 0 saturated carbocycles. The Morgan fingerprint density at radius 1 is 1.40 bits per heavy atom. The van der Waals surface area contributed by atoms with E-state index in [2.05, 4.69) is 42.4 Å². The number of oxime groups is 1. The van der Waals surface area contributed by atoms with Crippen LogP contribution in [0.25, 0.3) is 0 Å². The van der Waals surface area contributed by atoms with Gasteiger partial charge in [-0.1, -0.05) is 35.5 Å². The number of amidine groups is 1. The molecule has 0 bridgehead atoms. The summed E-state index contributed by atoms with van der Waals surface area (Å²) in [5.74, 6) is 1.40. The molecule has 0 amide bonds. The molecule has 0 aliphatic heterocycles. The zero-order chi connectivity index (χ0) is 15.0. The number of nitrogens with two attached hydrogens (primary N) is 1. The van der Waals surface area contributed by atoms with Crippen molar-refractivity contribution in [3.8, 4) is 0 Å². The molecule has 112 valence electrons. The van der Waals surface area contributed by atoms with Crippen molar-refractivity contribution in [2.45, 2.75) is 31.8 Å². The first-order valence-corrected chi connectivity index (χ1v) is 8.21. The van der Waals surface area contributed by atoms with E-state index in [1.807, 2.05) is 30.0 Å². The van der Waals surface area contributed by atoms with Crippen LogP contribution in [0.4, 0.5) is 0 Å². The van der Waals surface area contributed by atoms with E-state index >= 15 is 0 Å². The summed E-state index contributed by atoms with van der Waals surface area (Å²) in [6.07, 6.45) is 3.77. The van der Waals surface area contributed by atoms with Crippen LogP contribution in [0.5, 0.6) is 0 Å². The summed E-state index contributed by atoms with van der Waals surface area (Å²) in [5, 5.41) is 12.0. The highest BCUT2D eigenvalue weighted by molar-refractivity contribution is 7.98. The summed E-state index contributed by atoms with van der Waals surface area (Å²) in [6.45, 7) is 2.22. The summed E-state index contributed by atoms with van der Waals surface area (Å²) in [4.78, 5) is 2.31. The Bertz CT molecular complexity index is 411. The predicted octanol–water partition coefficient (Wildman–Crippen LogP) is 2.94. The van der Waals surface area contributed by atoms with E-state index in [0.29, 0.717) is 12.5 Å². The Morgan fingerprint density at radius 2 is 2.05 bits per heavy atom. The van der Waals surface area contributed by atoms with Gasteiger partial charge in [-0.3, -0.25) is 4.90 Å². The second-order valence-electron chi connectivity index (χ2n) is 5.02. The average Bonchev–Trinajstić information content (AvgIpc) is 2.50. The molecule has 0 spiro atoms. The smallest absolute Gasteiger partial charge is 0.141 e. The third-order valence-corrected chi connectivity index (χ3v) is 4.29. The van der Waals surface area contributed by atoms with Crippen LogP contribution in [-0.2, 0) is 0 Å². The lowest BCUT2D eigenvalue weighted by Gasteiger charge is -2.33. The topological polar surface area (TPSA) is 61.8 Å². The van der Waals surface area contributed by atoms with Gasteiger partial charge < -0.3 is 10.9 Å². The SMILES string of the molecule is CSCCC(C)N(C)C(C/C(N)=N/O)c1ccccc1. The molecular formula is C15H25N3OS. The lowest BCUT2D eigenvalue weighted by Crippen LogP contribution is -2.36. The van der Waals surface area contributed by atoms with Crippen LogP contribution in [0.2, 0.25) is 0 Å².